The molecule has 27 heavy (non-hydrogen) atoms. The predicted molar refractivity (Wildman–Crippen MR) is 108 cm³/mol. The van der Waals surface area contributed by atoms with E-state index < -0.39 is 0 Å². The van der Waals surface area contributed by atoms with Gasteiger partial charge in [0.05, 0.1) is 17.1 Å². The minimum absolute atomic E-state index is 0.0636. The first-order valence-corrected chi connectivity index (χ1v) is 9.55. The van der Waals surface area contributed by atoms with E-state index in [9.17, 15) is 9.59 Å². The van der Waals surface area contributed by atoms with Gasteiger partial charge in [0, 0.05) is 16.5 Å². The normalized spacial score (nSPS) is 10.5. The van der Waals surface area contributed by atoms with Crippen molar-refractivity contribution in [2.24, 2.45) is 0 Å². The highest BCUT2D eigenvalue weighted by molar-refractivity contribution is 7.13. The highest BCUT2D eigenvalue weighted by atomic mass is 35.5. The van der Waals surface area contributed by atoms with Gasteiger partial charge in [-0.3, -0.25) is 20.4 Å². The first kappa shape index (κ1) is 19.1. The number of hydrogen-bond donors (Lipinski definition) is 2. The third kappa shape index (κ3) is 4.72. The lowest BCUT2D eigenvalue weighted by atomic mass is 10.1. The molecule has 0 aliphatic rings. The van der Waals surface area contributed by atoms with E-state index in [1.807, 2.05) is 49.6 Å². The maximum absolute atomic E-state index is 12.2. The summed E-state index contributed by atoms with van der Waals surface area (Å²) >= 11 is 7.60. The Morgan fingerprint density at radius 1 is 1.11 bits per heavy atom. The number of rotatable bonds is 4. The van der Waals surface area contributed by atoms with Crippen LogP contribution in [0.2, 0.25) is 5.02 Å². The summed E-state index contributed by atoms with van der Waals surface area (Å²) in [5.41, 5.74) is 8.78. The zero-order valence-electron chi connectivity index (χ0n) is 14.9. The first-order chi connectivity index (χ1) is 12.9. The molecule has 2 aromatic carbocycles. The van der Waals surface area contributed by atoms with Crippen LogP contribution >= 0.6 is 22.9 Å². The van der Waals surface area contributed by atoms with Crippen molar-refractivity contribution in [3.8, 4) is 10.6 Å². The van der Waals surface area contributed by atoms with E-state index in [1.54, 1.807) is 12.1 Å². The van der Waals surface area contributed by atoms with E-state index in [0.717, 1.165) is 21.7 Å². The minimum Gasteiger partial charge on any atom is -0.273 e. The standard InChI is InChI=1S/C20H18ClN3O2S/c1-12-7-8-15(13(2)9-12)19(26)24-23-18(25)10-14-11-27-20(22-14)16-5-3-4-6-17(16)21/h3-9,11H,10H2,1-2H3,(H,23,25)(H,24,26). The number of thiazole rings is 1. The molecule has 0 spiro atoms. The molecule has 0 atom stereocenters. The highest BCUT2D eigenvalue weighted by Gasteiger charge is 2.13. The number of nitrogens with one attached hydrogen (secondary N) is 2. The van der Waals surface area contributed by atoms with Gasteiger partial charge in [0.25, 0.3) is 5.91 Å². The number of amides is 2. The van der Waals surface area contributed by atoms with Gasteiger partial charge in [-0.1, -0.05) is 47.5 Å². The van der Waals surface area contributed by atoms with Gasteiger partial charge in [-0.25, -0.2) is 4.98 Å². The largest absolute Gasteiger partial charge is 0.273 e. The van der Waals surface area contributed by atoms with Crippen LogP contribution in [0.3, 0.4) is 0 Å². The van der Waals surface area contributed by atoms with Crippen molar-refractivity contribution < 1.29 is 9.59 Å². The van der Waals surface area contributed by atoms with Crippen molar-refractivity contribution in [3.05, 3.63) is 75.3 Å². The summed E-state index contributed by atoms with van der Waals surface area (Å²) in [6, 6.07) is 12.9. The third-order valence-corrected chi connectivity index (χ3v) is 5.19. The maximum Gasteiger partial charge on any atom is 0.269 e. The van der Waals surface area contributed by atoms with Crippen molar-refractivity contribution >= 4 is 34.8 Å². The molecule has 0 aliphatic heterocycles. The molecule has 0 fully saturated rings. The summed E-state index contributed by atoms with van der Waals surface area (Å²) in [4.78, 5) is 28.8. The Kier molecular flexibility index (Phi) is 5.88. The smallest absolute Gasteiger partial charge is 0.269 e. The van der Waals surface area contributed by atoms with E-state index in [2.05, 4.69) is 15.8 Å². The molecule has 3 aromatic rings. The molecule has 0 saturated carbocycles. The fourth-order valence-corrected chi connectivity index (χ4v) is 3.76. The van der Waals surface area contributed by atoms with E-state index in [0.29, 0.717) is 16.3 Å². The summed E-state index contributed by atoms with van der Waals surface area (Å²) in [6.45, 7) is 3.82. The number of carbonyl (C=O) groups excluding carboxylic acids is 2. The molecule has 1 aromatic heterocycles. The van der Waals surface area contributed by atoms with E-state index in [4.69, 9.17) is 11.6 Å². The van der Waals surface area contributed by atoms with E-state index >= 15 is 0 Å². The molecule has 5 nitrogen and oxygen atoms in total. The maximum atomic E-state index is 12.2. The van der Waals surface area contributed by atoms with Crippen molar-refractivity contribution in [1.82, 2.24) is 15.8 Å². The molecular weight excluding hydrogens is 382 g/mol. The lowest BCUT2D eigenvalue weighted by molar-refractivity contribution is -0.121. The second-order valence-electron chi connectivity index (χ2n) is 6.12. The topological polar surface area (TPSA) is 71.1 Å². The van der Waals surface area contributed by atoms with Gasteiger partial charge in [0.1, 0.15) is 5.01 Å². The summed E-state index contributed by atoms with van der Waals surface area (Å²) in [5, 5.41) is 3.18. The second kappa shape index (κ2) is 8.33. The number of nitrogens with zero attached hydrogens (tertiary/aromatic N) is 1. The first-order valence-electron chi connectivity index (χ1n) is 8.30. The molecular formula is C20H18ClN3O2S. The number of hydrogen-bond acceptors (Lipinski definition) is 4. The molecule has 3 rings (SSSR count). The van der Waals surface area contributed by atoms with Gasteiger partial charge in [-0.05, 0) is 31.5 Å². The third-order valence-electron chi connectivity index (χ3n) is 3.94. The zero-order valence-corrected chi connectivity index (χ0v) is 16.4. The molecule has 0 saturated heterocycles. The monoisotopic (exact) mass is 399 g/mol. The van der Waals surface area contributed by atoms with Crippen LogP contribution in [0.5, 0.6) is 0 Å². The fourth-order valence-electron chi connectivity index (χ4n) is 2.62. The summed E-state index contributed by atoms with van der Waals surface area (Å²) in [5.74, 6) is -0.694. The quantitative estimate of drug-likeness (QED) is 0.649. The molecule has 138 valence electrons. The molecule has 1 heterocycles. The van der Waals surface area contributed by atoms with Crippen molar-refractivity contribution in [1.29, 1.82) is 0 Å². The fraction of sp³-hybridized carbons (Fsp3) is 0.150. The van der Waals surface area contributed by atoms with Crippen molar-refractivity contribution in [2.45, 2.75) is 20.3 Å². The molecule has 0 radical (unpaired) electrons. The van der Waals surface area contributed by atoms with E-state index in [1.165, 1.54) is 11.3 Å². The van der Waals surface area contributed by atoms with Gasteiger partial charge in [0.15, 0.2) is 0 Å². The molecule has 2 N–H and O–H groups in total. The Morgan fingerprint density at radius 2 is 1.89 bits per heavy atom. The van der Waals surface area contributed by atoms with Crippen LogP contribution in [0.25, 0.3) is 10.6 Å². The van der Waals surface area contributed by atoms with Crippen LogP contribution in [0, 0.1) is 13.8 Å². The Hall–Kier alpha value is -2.70. The highest BCUT2D eigenvalue weighted by Crippen LogP contribution is 2.30. The van der Waals surface area contributed by atoms with Gasteiger partial charge >= 0.3 is 0 Å². The van der Waals surface area contributed by atoms with Crippen LogP contribution in [-0.4, -0.2) is 16.8 Å². The van der Waals surface area contributed by atoms with Crippen LogP contribution in [0.1, 0.15) is 27.2 Å². The number of aryl methyl sites for hydroxylation is 2. The summed E-state index contributed by atoms with van der Waals surface area (Å²) in [6.07, 6.45) is 0.0636. The van der Waals surface area contributed by atoms with Gasteiger partial charge in [0.2, 0.25) is 5.91 Å². The van der Waals surface area contributed by atoms with Crippen molar-refractivity contribution in [3.63, 3.8) is 0 Å². The zero-order chi connectivity index (χ0) is 19.4. The molecule has 7 heteroatoms. The second-order valence-corrected chi connectivity index (χ2v) is 7.39. The molecule has 0 bridgehead atoms. The minimum atomic E-state index is -0.351. The van der Waals surface area contributed by atoms with Crippen LogP contribution in [0.4, 0.5) is 0 Å². The van der Waals surface area contributed by atoms with Crippen LogP contribution in [0.15, 0.2) is 47.8 Å². The average Bonchev–Trinajstić information content (AvgIpc) is 3.08. The molecule has 2 amide bonds. The Bertz CT molecular complexity index is 1000. The lowest BCUT2D eigenvalue weighted by Crippen LogP contribution is -2.42. The summed E-state index contributed by atoms with van der Waals surface area (Å²) in [7, 11) is 0. The molecule has 0 unspecified atom stereocenters. The Morgan fingerprint density at radius 3 is 2.63 bits per heavy atom. The van der Waals surface area contributed by atoms with Gasteiger partial charge < -0.3 is 0 Å². The van der Waals surface area contributed by atoms with Crippen LogP contribution < -0.4 is 10.9 Å². The Labute approximate surface area is 166 Å². The Balaban J connectivity index is 1.58. The van der Waals surface area contributed by atoms with Gasteiger partial charge in [-0.2, -0.15) is 0 Å². The average molecular weight is 400 g/mol. The number of halogens is 1. The number of aromatic nitrogens is 1. The van der Waals surface area contributed by atoms with Crippen LogP contribution in [-0.2, 0) is 11.2 Å². The number of carbonyl (C=O) groups is 2. The number of benzene rings is 2. The number of hydrazine groups is 1. The van der Waals surface area contributed by atoms with Gasteiger partial charge in [-0.15, -0.1) is 11.3 Å². The predicted octanol–water partition coefficient (Wildman–Crippen LogP) is 4.08. The van der Waals surface area contributed by atoms with E-state index in [-0.39, 0.29) is 18.2 Å². The molecule has 0 aliphatic carbocycles. The summed E-state index contributed by atoms with van der Waals surface area (Å²) < 4.78 is 0. The van der Waals surface area contributed by atoms with Crippen molar-refractivity contribution in [2.75, 3.05) is 0 Å². The lowest BCUT2D eigenvalue weighted by Gasteiger charge is -2.09. The SMILES string of the molecule is Cc1ccc(C(=O)NNC(=O)Cc2csc(-c3ccccc3Cl)n2)c(C)c1.